The van der Waals surface area contributed by atoms with E-state index in [9.17, 15) is 17.6 Å². The molecular formula is C23H25F4NO2. The Bertz CT molecular complexity index is 812. The molecule has 1 aromatic heterocycles. The number of ether oxygens (including phenoxy) is 2. The zero-order valence-corrected chi connectivity index (χ0v) is 16.8. The van der Waals surface area contributed by atoms with Gasteiger partial charge in [-0.15, -0.1) is 0 Å². The molecule has 1 aromatic carbocycles. The lowest BCUT2D eigenvalue weighted by Gasteiger charge is -2.16. The molecule has 0 unspecified atom stereocenters. The van der Waals surface area contributed by atoms with Crippen LogP contribution in [0.2, 0.25) is 0 Å². The van der Waals surface area contributed by atoms with Crippen molar-refractivity contribution in [3.8, 4) is 23.3 Å². The van der Waals surface area contributed by atoms with E-state index in [-0.39, 0.29) is 5.75 Å². The zero-order chi connectivity index (χ0) is 21.8. The number of nitrogens with zero attached hydrogens (tertiary/aromatic N) is 1. The Morgan fingerprint density at radius 1 is 0.900 bits per heavy atom. The van der Waals surface area contributed by atoms with Gasteiger partial charge in [-0.1, -0.05) is 44.9 Å². The van der Waals surface area contributed by atoms with Crippen molar-refractivity contribution in [2.45, 2.75) is 58.0 Å². The van der Waals surface area contributed by atoms with Crippen LogP contribution in [0.4, 0.5) is 17.6 Å². The Hall–Kier alpha value is -2.75. The molecule has 1 heterocycles. The molecule has 0 saturated heterocycles. The van der Waals surface area contributed by atoms with Gasteiger partial charge in [-0.3, -0.25) is 0 Å². The van der Waals surface area contributed by atoms with Gasteiger partial charge in [-0.05, 0) is 48.7 Å². The smallest absolute Gasteiger partial charge is 0.461 e. The quantitative estimate of drug-likeness (QED) is 0.236. The number of hydrogen-bond donors (Lipinski definition) is 0. The third kappa shape index (κ3) is 8.32. The summed E-state index contributed by atoms with van der Waals surface area (Å²) in [4.78, 5) is 4.21. The molecule has 0 atom stereocenters. The predicted octanol–water partition coefficient (Wildman–Crippen LogP) is 6.46. The summed E-state index contributed by atoms with van der Waals surface area (Å²) < 4.78 is 59.7. The molecule has 0 aliphatic rings. The van der Waals surface area contributed by atoms with Crippen LogP contribution in [0.5, 0.6) is 11.5 Å². The second kappa shape index (κ2) is 12.1. The third-order valence-electron chi connectivity index (χ3n) is 4.20. The molecule has 3 nitrogen and oxygen atoms in total. The average molecular weight is 423 g/mol. The highest BCUT2D eigenvalue weighted by molar-refractivity contribution is 5.42. The van der Waals surface area contributed by atoms with Crippen LogP contribution in [0.3, 0.4) is 0 Å². The fourth-order valence-corrected chi connectivity index (χ4v) is 2.56. The van der Waals surface area contributed by atoms with E-state index in [1.165, 1.54) is 37.8 Å². The molecule has 0 aliphatic heterocycles. The van der Waals surface area contributed by atoms with Crippen LogP contribution < -0.4 is 9.47 Å². The van der Waals surface area contributed by atoms with Gasteiger partial charge < -0.3 is 9.47 Å². The van der Waals surface area contributed by atoms with Crippen molar-refractivity contribution in [3.05, 3.63) is 53.9 Å². The molecule has 0 bridgehead atoms. The first-order valence-electron chi connectivity index (χ1n) is 9.96. The van der Waals surface area contributed by atoms with E-state index >= 15 is 0 Å². The summed E-state index contributed by atoms with van der Waals surface area (Å²) in [5.41, 5.74) is 1.03. The second-order valence-electron chi connectivity index (χ2n) is 6.73. The summed E-state index contributed by atoms with van der Waals surface area (Å²) in [5, 5.41) is 0. The van der Waals surface area contributed by atoms with Crippen LogP contribution in [-0.4, -0.2) is 24.1 Å². The first kappa shape index (κ1) is 23.5. The topological polar surface area (TPSA) is 31.4 Å². The van der Waals surface area contributed by atoms with Gasteiger partial charge >= 0.3 is 12.5 Å². The minimum absolute atomic E-state index is 0.365. The largest absolute Gasteiger partial charge is 0.492 e. The number of benzene rings is 1. The van der Waals surface area contributed by atoms with Crippen LogP contribution in [0, 0.1) is 11.8 Å². The van der Waals surface area contributed by atoms with Gasteiger partial charge in [0.1, 0.15) is 17.2 Å². The molecule has 7 heteroatoms. The normalized spacial score (nSPS) is 11.1. The van der Waals surface area contributed by atoms with Crippen molar-refractivity contribution in [1.29, 1.82) is 0 Å². The van der Waals surface area contributed by atoms with Gasteiger partial charge in [-0.25, -0.2) is 4.98 Å². The minimum Gasteiger partial charge on any atom is -0.492 e. The summed E-state index contributed by atoms with van der Waals surface area (Å²) in [5.74, 6) is 5.98. The summed E-state index contributed by atoms with van der Waals surface area (Å²) in [6.45, 7) is 2.84. The van der Waals surface area contributed by atoms with Crippen molar-refractivity contribution in [2.24, 2.45) is 0 Å². The van der Waals surface area contributed by atoms with E-state index in [0.29, 0.717) is 23.6 Å². The highest BCUT2D eigenvalue weighted by Gasteiger charge is 2.43. The lowest BCUT2D eigenvalue weighted by atomic mass is 10.1. The number of pyridine rings is 1. The van der Waals surface area contributed by atoms with Crippen LogP contribution in [-0.2, 0) is 0 Å². The standard InChI is InChI=1S/C23H25F4NO2/c1-2-3-4-5-6-7-16-29-21-15-12-19(28-17-21)11-8-18-9-13-20(14-10-18)30-23(26,27)22(24)25/h9-10,12-15,17,22H,2-7,16H2,1H3. The number of hydrogen-bond acceptors (Lipinski definition) is 3. The molecule has 0 amide bonds. The first-order valence-corrected chi connectivity index (χ1v) is 9.96. The molecule has 0 fully saturated rings. The lowest BCUT2D eigenvalue weighted by Crippen LogP contribution is -2.33. The van der Waals surface area contributed by atoms with E-state index < -0.39 is 12.5 Å². The maximum absolute atomic E-state index is 12.9. The van der Waals surface area contributed by atoms with Crippen molar-refractivity contribution in [2.75, 3.05) is 6.61 Å². The number of aromatic nitrogens is 1. The summed E-state index contributed by atoms with van der Waals surface area (Å²) in [7, 11) is 0. The van der Waals surface area contributed by atoms with Crippen LogP contribution in [0.25, 0.3) is 0 Å². The van der Waals surface area contributed by atoms with E-state index in [4.69, 9.17) is 4.74 Å². The Morgan fingerprint density at radius 2 is 1.57 bits per heavy atom. The highest BCUT2D eigenvalue weighted by atomic mass is 19.3. The Kier molecular flexibility index (Phi) is 9.46. The van der Waals surface area contributed by atoms with Crippen molar-refractivity contribution in [1.82, 2.24) is 4.98 Å². The van der Waals surface area contributed by atoms with Gasteiger partial charge in [0.2, 0.25) is 0 Å². The molecule has 0 spiro atoms. The number of alkyl halides is 4. The van der Waals surface area contributed by atoms with Crippen molar-refractivity contribution >= 4 is 0 Å². The van der Waals surface area contributed by atoms with E-state index in [1.807, 2.05) is 0 Å². The van der Waals surface area contributed by atoms with Crippen LogP contribution in [0.1, 0.15) is 56.7 Å². The molecule has 30 heavy (non-hydrogen) atoms. The maximum Gasteiger partial charge on any atom is 0.461 e. The fraction of sp³-hybridized carbons (Fsp3) is 0.435. The molecule has 0 saturated carbocycles. The molecule has 0 N–H and O–H groups in total. The first-order chi connectivity index (χ1) is 14.4. The maximum atomic E-state index is 12.9. The van der Waals surface area contributed by atoms with Crippen molar-refractivity contribution in [3.63, 3.8) is 0 Å². The van der Waals surface area contributed by atoms with Gasteiger partial charge in [-0.2, -0.15) is 17.6 Å². The van der Waals surface area contributed by atoms with Gasteiger partial charge in [0.25, 0.3) is 0 Å². The molecule has 0 aliphatic carbocycles. The van der Waals surface area contributed by atoms with Gasteiger partial charge in [0.05, 0.1) is 12.8 Å². The summed E-state index contributed by atoms with van der Waals surface area (Å²) in [6.07, 6.45) is 0.336. The summed E-state index contributed by atoms with van der Waals surface area (Å²) in [6, 6.07) is 8.64. The fourth-order valence-electron chi connectivity index (χ4n) is 2.56. The third-order valence-corrected chi connectivity index (χ3v) is 4.20. The molecular weight excluding hydrogens is 398 g/mol. The Balaban J connectivity index is 1.81. The van der Waals surface area contributed by atoms with Gasteiger partial charge in [0, 0.05) is 5.56 Å². The second-order valence-corrected chi connectivity index (χ2v) is 6.73. The highest BCUT2D eigenvalue weighted by Crippen LogP contribution is 2.27. The van der Waals surface area contributed by atoms with Gasteiger partial charge in [0.15, 0.2) is 0 Å². The molecule has 2 aromatic rings. The monoisotopic (exact) mass is 423 g/mol. The predicted molar refractivity (Wildman–Crippen MR) is 107 cm³/mol. The number of halogens is 4. The molecule has 162 valence electrons. The molecule has 0 radical (unpaired) electrons. The number of unbranched alkanes of at least 4 members (excludes halogenated alkanes) is 5. The zero-order valence-electron chi connectivity index (χ0n) is 16.8. The van der Waals surface area contributed by atoms with E-state index in [2.05, 4.69) is 28.5 Å². The summed E-state index contributed by atoms with van der Waals surface area (Å²) >= 11 is 0. The van der Waals surface area contributed by atoms with Crippen molar-refractivity contribution < 1.29 is 27.0 Å². The van der Waals surface area contributed by atoms with E-state index in [1.54, 1.807) is 18.3 Å². The average Bonchev–Trinajstić information content (AvgIpc) is 2.73. The van der Waals surface area contributed by atoms with E-state index in [0.717, 1.165) is 25.0 Å². The molecule has 2 rings (SSSR count). The SMILES string of the molecule is CCCCCCCCOc1ccc(C#Cc2ccc(OC(F)(F)C(F)F)cc2)nc1. The minimum atomic E-state index is -4.53. The Morgan fingerprint density at radius 3 is 2.20 bits per heavy atom. The Labute approximate surface area is 174 Å². The van der Waals surface area contributed by atoms with Crippen LogP contribution >= 0.6 is 0 Å². The lowest BCUT2D eigenvalue weighted by molar-refractivity contribution is -0.253. The number of rotatable bonds is 11. The van der Waals surface area contributed by atoms with Crippen LogP contribution in [0.15, 0.2) is 42.6 Å².